The summed E-state index contributed by atoms with van der Waals surface area (Å²) in [6.45, 7) is 0.702. The maximum atomic E-state index is 11.2. The van der Waals surface area contributed by atoms with Crippen molar-refractivity contribution in [1.29, 1.82) is 0 Å². The minimum atomic E-state index is -0.422. The standard InChI is InChI=1S/C7H13N3O2/c8-4-6(11)10-7(12)5-2-1-3-9-5/h5,9H,1-4,8H2,(H,10,11,12). The topological polar surface area (TPSA) is 84.2 Å². The van der Waals surface area contributed by atoms with E-state index in [4.69, 9.17) is 5.73 Å². The van der Waals surface area contributed by atoms with Crippen LogP contribution >= 0.6 is 0 Å². The molecule has 4 N–H and O–H groups in total. The van der Waals surface area contributed by atoms with Crippen LogP contribution in [0.4, 0.5) is 0 Å². The maximum Gasteiger partial charge on any atom is 0.243 e. The minimum absolute atomic E-state index is 0.140. The SMILES string of the molecule is NCC(=O)NC(=O)C1CCCN1. The Bertz CT molecular complexity index is 187. The first-order valence-electron chi connectivity index (χ1n) is 4.01. The lowest BCUT2D eigenvalue weighted by Gasteiger charge is -2.08. The van der Waals surface area contributed by atoms with Gasteiger partial charge in [-0.15, -0.1) is 0 Å². The number of imide groups is 1. The molecule has 1 aliphatic heterocycles. The van der Waals surface area contributed by atoms with Gasteiger partial charge in [-0.25, -0.2) is 0 Å². The molecule has 12 heavy (non-hydrogen) atoms. The van der Waals surface area contributed by atoms with Crippen molar-refractivity contribution >= 4 is 11.8 Å². The lowest BCUT2D eigenvalue weighted by molar-refractivity contribution is -0.130. The van der Waals surface area contributed by atoms with Crippen molar-refractivity contribution in [2.75, 3.05) is 13.1 Å². The fourth-order valence-electron chi connectivity index (χ4n) is 1.18. The third-order valence-electron chi connectivity index (χ3n) is 1.82. The van der Waals surface area contributed by atoms with Crippen LogP contribution in [0.15, 0.2) is 0 Å². The summed E-state index contributed by atoms with van der Waals surface area (Å²) in [5.74, 6) is -0.684. The van der Waals surface area contributed by atoms with Gasteiger partial charge in [-0.1, -0.05) is 0 Å². The monoisotopic (exact) mass is 171 g/mol. The molecule has 5 nitrogen and oxygen atoms in total. The first-order chi connectivity index (χ1) is 5.74. The summed E-state index contributed by atoms with van der Waals surface area (Å²) >= 11 is 0. The van der Waals surface area contributed by atoms with Crippen LogP contribution in [0.25, 0.3) is 0 Å². The fraction of sp³-hybridized carbons (Fsp3) is 0.714. The van der Waals surface area contributed by atoms with Gasteiger partial charge >= 0.3 is 0 Å². The lowest BCUT2D eigenvalue weighted by Crippen LogP contribution is -2.45. The summed E-state index contributed by atoms with van der Waals surface area (Å²) in [4.78, 5) is 21.9. The van der Waals surface area contributed by atoms with E-state index in [1.165, 1.54) is 0 Å². The Morgan fingerprint density at radius 1 is 1.58 bits per heavy atom. The summed E-state index contributed by atoms with van der Waals surface area (Å²) in [6.07, 6.45) is 1.78. The van der Waals surface area contributed by atoms with Gasteiger partial charge < -0.3 is 11.1 Å². The molecule has 0 saturated carbocycles. The van der Waals surface area contributed by atoms with E-state index in [0.29, 0.717) is 0 Å². The second-order valence-corrected chi connectivity index (χ2v) is 2.77. The Morgan fingerprint density at radius 2 is 2.33 bits per heavy atom. The van der Waals surface area contributed by atoms with E-state index in [1.54, 1.807) is 0 Å². The smallest absolute Gasteiger partial charge is 0.243 e. The van der Waals surface area contributed by atoms with E-state index in [9.17, 15) is 9.59 Å². The van der Waals surface area contributed by atoms with Crippen LogP contribution in [0.1, 0.15) is 12.8 Å². The highest BCUT2D eigenvalue weighted by atomic mass is 16.2. The van der Waals surface area contributed by atoms with Crippen molar-refractivity contribution in [2.24, 2.45) is 5.73 Å². The average molecular weight is 171 g/mol. The first-order valence-corrected chi connectivity index (χ1v) is 4.01. The van der Waals surface area contributed by atoms with Gasteiger partial charge in [0.25, 0.3) is 0 Å². The zero-order valence-electron chi connectivity index (χ0n) is 6.80. The summed E-state index contributed by atoms with van der Waals surface area (Å²) < 4.78 is 0. The van der Waals surface area contributed by atoms with Crippen molar-refractivity contribution in [1.82, 2.24) is 10.6 Å². The van der Waals surface area contributed by atoms with E-state index >= 15 is 0 Å². The van der Waals surface area contributed by atoms with Crippen molar-refractivity contribution < 1.29 is 9.59 Å². The molecule has 0 aliphatic carbocycles. The van der Waals surface area contributed by atoms with Gasteiger partial charge in [0.05, 0.1) is 12.6 Å². The molecule has 0 aromatic rings. The highest BCUT2D eigenvalue weighted by molar-refractivity contribution is 5.98. The van der Waals surface area contributed by atoms with Crippen molar-refractivity contribution in [2.45, 2.75) is 18.9 Å². The van der Waals surface area contributed by atoms with E-state index in [2.05, 4.69) is 10.6 Å². The van der Waals surface area contributed by atoms with E-state index in [-0.39, 0.29) is 18.5 Å². The Balaban J connectivity index is 2.32. The zero-order valence-corrected chi connectivity index (χ0v) is 6.80. The summed E-state index contributed by atoms with van der Waals surface area (Å²) in [7, 11) is 0. The first kappa shape index (κ1) is 9.15. The Morgan fingerprint density at radius 3 is 2.83 bits per heavy atom. The zero-order chi connectivity index (χ0) is 8.97. The summed E-state index contributed by atoms with van der Waals surface area (Å²) in [5.41, 5.74) is 5.03. The van der Waals surface area contributed by atoms with E-state index in [1.807, 2.05) is 0 Å². The molecule has 1 atom stereocenters. The van der Waals surface area contributed by atoms with Crippen LogP contribution in [0.2, 0.25) is 0 Å². The number of amides is 2. The van der Waals surface area contributed by atoms with Crippen molar-refractivity contribution in [3.63, 3.8) is 0 Å². The molecule has 0 aromatic carbocycles. The lowest BCUT2D eigenvalue weighted by atomic mass is 10.2. The van der Waals surface area contributed by atoms with Gasteiger partial charge in [0.15, 0.2) is 0 Å². The van der Waals surface area contributed by atoms with Gasteiger partial charge in [0.1, 0.15) is 0 Å². The molecule has 68 valence electrons. The molecule has 0 bridgehead atoms. The Labute approximate surface area is 70.7 Å². The number of carbonyl (C=O) groups is 2. The number of carbonyl (C=O) groups excluding carboxylic acids is 2. The molecule has 1 aliphatic rings. The molecule has 0 aromatic heterocycles. The Hall–Kier alpha value is -0.940. The van der Waals surface area contributed by atoms with Crippen LogP contribution in [-0.4, -0.2) is 30.9 Å². The van der Waals surface area contributed by atoms with Gasteiger partial charge in [-0.2, -0.15) is 0 Å². The normalized spacial score (nSPS) is 22.2. The largest absolute Gasteiger partial charge is 0.322 e. The second kappa shape index (κ2) is 4.18. The van der Waals surface area contributed by atoms with Crippen LogP contribution in [0.5, 0.6) is 0 Å². The van der Waals surface area contributed by atoms with Gasteiger partial charge in [-0.3, -0.25) is 14.9 Å². The van der Waals surface area contributed by atoms with E-state index < -0.39 is 5.91 Å². The van der Waals surface area contributed by atoms with E-state index in [0.717, 1.165) is 19.4 Å². The number of rotatable bonds is 2. The number of hydrogen-bond acceptors (Lipinski definition) is 4. The van der Waals surface area contributed by atoms with Crippen LogP contribution < -0.4 is 16.4 Å². The van der Waals surface area contributed by atoms with Crippen LogP contribution in [0, 0.1) is 0 Å². The quantitative estimate of drug-likeness (QED) is 0.464. The minimum Gasteiger partial charge on any atom is -0.322 e. The predicted molar refractivity (Wildman–Crippen MR) is 43.2 cm³/mol. The van der Waals surface area contributed by atoms with Crippen molar-refractivity contribution in [3.05, 3.63) is 0 Å². The molecule has 1 saturated heterocycles. The number of hydrogen-bond donors (Lipinski definition) is 3. The number of nitrogens with one attached hydrogen (secondary N) is 2. The molecule has 0 radical (unpaired) electrons. The molecular weight excluding hydrogens is 158 g/mol. The molecule has 2 amide bonds. The van der Waals surface area contributed by atoms with Gasteiger partial charge in [0.2, 0.25) is 11.8 Å². The molecule has 1 unspecified atom stereocenters. The molecule has 1 fully saturated rings. The molecule has 1 rings (SSSR count). The van der Waals surface area contributed by atoms with Gasteiger partial charge in [-0.05, 0) is 19.4 Å². The average Bonchev–Trinajstić information content (AvgIpc) is 2.56. The molecular formula is C7H13N3O2. The van der Waals surface area contributed by atoms with Crippen molar-refractivity contribution in [3.8, 4) is 0 Å². The van der Waals surface area contributed by atoms with Crippen LogP contribution in [-0.2, 0) is 9.59 Å². The molecule has 0 spiro atoms. The van der Waals surface area contributed by atoms with Crippen LogP contribution in [0.3, 0.4) is 0 Å². The molecule has 5 heteroatoms. The maximum absolute atomic E-state index is 11.2. The summed E-state index contributed by atoms with van der Waals surface area (Å²) in [6, 6.07) is -0.208. The predicted octanol–water partition coefficient (Wildman–Crippen LogP) is -1.66. The fourth-order valence-corrected chi connectivity index (χ4v) is 1.18. The molecule has 1 heterocycles. The third kappa shape index (κ3) is 2.28. The highest BCUT2D eigenvalue weighted by Gasteiger charge is 2.22. The Kier molecular flexibility index (Phi) is 3.19. The third-order valence-corrected chi connectivity index (χ3v) is 1.82. The summed E-state index contributed by atoms with van der Waals surface area (Å²) in [5, 5.41) is 5.19. The highest BCUT2D eigenvalue weighted by Crippen LogP contribution is 2.03. The number of nitrogens with two attached hydrogens (primary N) is 1. The van der Waals surface area contributed by atoms with Gasteiger partial charge in [0, 0.05) is 0 Å². The second-order valence-electron chi connectivity index (χ2n) is 2.77.